The molecule has 2 bridgehead atoms. The van der Waals surface area contributed by atoms with Crippen LogP contribution in [0.5, 0.6) is 5.88 Å². The highest BCUT2D eigenvalue weighted by Crippen LogP contribution is 2.12. The van der Waals surface area contributed by atoms with Crippen molar-refractivity contribution in [2.24, 2.45) is 0 Å². The monoisotopic (exact) mass is 162 g/mol. The minimum Gasteiger partial charge on any atom is -0.329 e. The summed E-state index contributed by atoms with van der Waals surface area (Å²) < 4.78 is 29.4. The van der Waals surface area contributed by atoms with Crippen molar-refractivity contribution < 1.29 is 16.9 Å². The second-order valence-corrected chi connectivity index (χ2v) is 2.75. The highest BCUT2D eigenvalue weighted by Gasteiger charge is 2.23. The average Bonchev–Trinajstić information content (AvgIpc) is 2.08. The smallest absolute Gasteiger partial charge is 0.329 e. The lowest BCUT2D eigenvalue weighted by Crippen LogP contribution is -2.28. The Morgan fingerprint density at radius 1 is 1.60 bits per heavy atom. The minimum absolute atomic E-state index is 0.0197. The molecule has 0 amide bonds. The van der Waals surface area contributed by atoms with E-state index in [1.165, 1.54) is 12.3 Å². The van der Waals surface area contributed by atoms with E-state index in [0.717, 1.165) is 4.85 Å². The SMILES string of the molecule is O=S1(=O)Oc2ccn(n2)O1. The molecule has 0 N–H and O–H groups in total. The molecule has 0 aliphatic carbocycles. The van der Waals surface area contributed by atoms with Gasteiger partial charge in [-0.3, -0.25) is 0 Å². The molecule has 6 nitrogen and oxygen atoms in total. The highest BCUT2D eigenvalue weighted by molar-refractivity contribution is 7.82. The Hall–Kier alpha value is -1.24. The van der Waals surface area contributed by atoms with Crippen molar-refractivity contribution in [2.45, 2.75) is 0 Å². The van der Waals surface area contributed by atoms with Gasteiger partial charge in [0.15, 0.2) is 0 Å². The number of hydrogen-bond donors (Lipinski definition) is 0. The van der Waals surface area contributed by atoms with Gasteiger partial charge in [0.25, 0.3) is 5.88 Å². The van der Waals surface area contributed by atoms with Crippen LogP contribution in [0.4, 0.5) is 0 Å². The fourth-order valence-corrected chi connectivity index (χ4v) is 1.19. The van der Waals surface area contributed by atoms with E-state index in [0.29, 0.717) is 0 Å². The van der Waals surface area contributed by atoms with Gasteiger partial charge < -0.3 is 4.18 Å². The third-order valence-electron chi connectivity index (χ3n) is 0.897. The summed E-state index contributed by atoms with van der Waals surface area (Å²) in [7, 11) is -3.89. The van der Waals surface area contributed by atoms with Crippen LogP contribution in [0.2, 0.25) is 0 Å². The van der Waals surface area contributed by atoms with Crippen LogP contribution in [0.25, 0.3) is 0 Å². The summed E-state index contributed by atoms with van der Waals surface area (Å²) >= 11 is 0. The Labute approximate surface area is 56.3 Å². The van der Waals surface area contributed by atoms with Crippen LogP contribution in [0.3, 0.4) is 0 Å². The van der Waals surface area contributed by atoms with E-state index < -0.39 is 10.4 Å². The van der Waals surface area contributed by atoms with Gasteiger partial charge in [-0.25, -0.2) is 4.28 Å². The Morgan fingerprint density at radius 2 is 2.40 bits per heavy atom. The number of hydrogen-bond acceptors (Lipinski definition) is 5. The number of fused-ring (bicyclic) bond motifs is 2. The van der Waals surface area contributed by atoms with Crippen LogP contribution < -0.4 is 8.47 Å². The standard InChI is InChI=1S/C3H2N2O4S/c6-10(7)8-3-1-2-5(4-3)9-10/h1-2H. The third-order valence-corrected chi connectivity index (χ3v) is 1.61. The number of nitrogens with zero attached hydrogens (tertiary/aromatic N) is 2. The predicted octanol–water partition coefficient (Wildman–Crippen LogP) is -1.05. The topological polar surface area (TPSA) is 70.4 Å². The number of aromatic nitrogens is 2. The molecule has 54 valence electrons. The number of rotatable bonds is 0. The molecule has 1 aliphatic rings. The highest BCUT2D eigenvalue weighted by atomic mass is 32.3. The van der Waals surface area contributed by atoms with Crippen LogP contribution in [-0.4, -0.2) is 18.4 Å². The first-order valence-electron chi connectivity index (χ1n) is 2.36. The van der Waals surface area contributed by atoms with Gasteiger partial charge in [0.1, 0.15) is 0 Å². The van der Waals surface area contributed by atoms with E-state index in [2.05, 4.69) is 13.6 Å². The van der Waals surface area contributed by atoms with Crippen molar-refractivity contribution in [1.82, 2.24) is 9.94 Å². The first-order chi connectivity index (χ1) is 4.66. The van der Waals surface area contributed by atoms with Gasteiger partial charge in [0.05, 0.1) is 6.20 Å². The average molecular weight is 162 g/mol. The van der Waals surface area contributed by atoms with E-state index in [1.54, 1.807) is 0 Å². The molecular formula is C3H2N2O4S. The maximum atomic E-state index is 10.5. The maximum Gasteiger partial charge on any atom is 0.523 e. The van der Waals surface area contributed by atoms with Crippen molar-refractivity contribution >= 4 is 10.4 Å². The lowest BCUT2D eigenvalue weighted by molar-refractivity contribution is 0.186. The van der Waals surface area contributed by atoms with E-state index in [4.69, 9.17) is 0 Å². The Kier molecular flexibility index (Phi) is 0.791. The molecule has 7 heteroatoms. The Bertz CT molecular complexity index is 326. The van der Waals surface area contributed by atoms with Crippen molar-refractivity contribution in [2.75, 3.05) is 0 Å². The molecule has 0 atom stereocenters. The fraction of sp³-hybridized carbons (Fsp3) is 0. The van der Waals surface area contributed by atoms with E-state index in [9.17, 15) is 8.42 Å². The van der Waals surface area contributed by atoms with Crippen molar-refractivity contribution in [3.05, 3.63) is 12.3 Å². The van der Waals surface area contributed by atoms with Crippen LogP contribution in [-0.2, 0) is 10.4 Å². The summed E-state index contributed by atoms with van der Waals surface area (Å²) in [5.41, 5.74) is 0. The van der Waals surface area contributed by atoms with Crippen molar-refractivity contribution in [3.8, 4) is 5.88 Å². The van der Waals surface area contributed by atoms with E-state index >= 15 is 0 Å². The molecule has 10 heavy (non-hydrogen) atoms. The Balaban J connectivity index is 2.59. The molecule has 1 aromatic heterocycles. The second kappa shape index (κ2) is 1.43. The summed E-state index contributed by atoms with van der Waals surface area (Å²) in [5, 5.41) is 3.50. The molecule has 0 saturated carbocycles. The van der Waals surface area contributed by atoms with Gasteiger partial charge in [0.2, 0.25) is 0 Å². The summed E-state index contributed by atoms with van der Waals surface area (Å²) in [4.78, 5) is 0.814. The molecule has 0 saturated heterocycles. The summed E-state index contributed by atoms with van der Waals surface area (Å²) in [6.07, 6.45) is 1.33. The van der Waals surface area contributed by atoms with Crippen LogP contribution in [0.15, 0.2) is 12.3 Å². The first kappa shape index (κ1) is 5.54. The van der Waals surface area contributed by atoms with Crippen molar-refractivity contribution in [3.63, 3.8) is 0 Å². The molecule has 0 unspecified atom stereocenters. The largest absolute Gasteiger partial charge is 0.523 e. The molecule has 0 fully saturated rings. The molecule has 1 aromatic rings. The minimum atomic E-state index is -3.89. The molecule has 0 aromatic carbocycles. The van der Waals surface area contributed by atoms with Gasteiger partial charge >= 0.3 is 10.4 Å². The quantitative estimate of drug-likeness (QED) is 0.486. The summed E-state index contributed by atoms with van der Waals surface area (Å²) in [5.74, 6) is 0.0197. The third kappa shape index (κ3) is 0.711. The first-order valence-corrected chi connectivity index (χ1v) is 3.69. The zero-order chi connectivity index (χ0) is 7.19. The van der Waals surface area contributed by atoms with Crippen molar-refractivity contribution in [1.29, 1.82) is 0 Å². The maximum absolute atomic E-state index is 10.5. The zero-order valence-electron chi connectivity index (χ0n) is 4.59. The normalized spacial score (nSPS) is 19.2. The molecular weight excluding hydrogens is 160 g/mol. The molecule has 2 rings (SSSR count). The van der Waals surface area contributed by atoms with Gasteiger partial charge in [0, 0.05) is 6.07 Å². The molecule has 0 radical (unpaired) electrons. The van der Waals surface area contributed by atoms with Crippen LogP contribution in [0, 0.1) is 0 Å². The van der Waals surface area contributed by atoms with E-state index in [1.807, 2.05) is 0 Å². The van der Waals surface area contributed by atoms with Gasteiger partial charge in [-0.1, -0.05) is 9.94 Å². The summed E-state index contributed by atoms with van der Waals surface area (Å²) in [6.45, 7) is 0. The van der Waals surface area contributed by atoms with E-state index in [-0.39, 0.29) is 5.88 Å². The lowest BCUT2D eigenvalue weighted by Gasteiger charge is -2.06. The van der Waals surface area contributed by atoms with Gasteiger partial charge in [-0.15, -0.1) is 8.42 Å². The second-order valence-electron chi connectivity index (χ2n) is 1.62. The molecule has 2 heterocycles. The lowest BCUT2D eigenvalue weighted by atomic mass is 10.7. The van der Waals surface area contributed by atoms with Crippen LogP contribution >= 0.6 is 0 Å². The Morgan fingerprint density at radius 3 is 3.10 bits per heavy atom. The van der Waals surface area contributed by atoms with Gasteiger partial charge in [-0.05, 0) is 0 Å². The van der Waals surface area contributed by atoms with Gasteiger partial charge in [-0.2, -0.15) is 0 Å². The molecule has 1 aliphatic heterocycles. The molecule has 0 spiro atoms. The fourth-order valence-electron chi connectivity index (χ4n) is 0.591. The van der Waals surface area contributed by atoms with Crippen LogP contribution in [0.1, 0.15) is 0 Å². The zero-order valence-corrected chi connectivity index (χ0v) is 5.41. The predicted molar refractivity (Wildman–Crippen MR) is 28.4 cm³/mol. The summed E-state index contributed by atoms with van der Waals surface area (Å²) in [6, 6.07) is 1.38.